The Morgan fingerprint density at radius 1 is 1.38 bits per heavy atom. The van der Waals surface area contributed by atoms with Gasteiger partial charge in [0.2, 0.25) is 0 Å². The minimum absolute atomic E-state index is 0. The summed E-state index contributed by atoms with van der Waals surface area (Å²) in [6.07, 6.45) is 1.21. The molecule has 0 aromatic heterocycles. The summed E-state index contributed by atoms with van der Waals surface area (Å²) in [5, 5.41) is 0. The van der Waals surface area contributed by atoms with Crippen LogP contribution in [0.5, 0.6) is 0 Å². The molecule has 0 aliphatic carbocycles. The van der Waals surface area contributed by atoms with Crippen LogP contribution in [0.3, 0.4) is 0 Å². The molecular formula is C4H10ClNS2. The zero-order valence-electron chi connectivity index (χ0n) is 4.50. The van der Waals surface area contributed by atoms with Gasteiger partial charge in [0, 0.05) is 17.5 Å². The Morgan fingerprint density at radius 2 is 2.12 bits per heavy atom. The topological polar surface area (TPSA) is 26.0 Å². The molecule has 50 valence electrons. The minimum atomic E-state index is 0. The molecule has 2 N–H and O–H groups in total. The van der Waals surface area contributed by atoms with Gasteiger partial charge in [-0.3, -0.25) is 0 Å². The van der Waals surface area contributed by atoms with E-state index in [1.54, 1.807) is 0 Å². The second kappa shape index (κ2) is 4.79. The molecule has 1 heterocycles. The maximum Gasteiger partial charge on any atom is 0.0189 e. The van der Waals surface area contributed by atoms with Crippen molar-refractivity contribution in [2.75, 3.05) is 11.5 Å². The molecule has 8 heavy (non-hydrogen) atoms. The highest BCUT2D eigenvalue weighted by molar-refractivity contribution is 8.76. The highest BCUT2D eigenvalue weighted by atomic mass is 35.5. The molecule has 0 aromatic rings. The van der Waals surface area contributed by atoms with Gasteiger partial charge >= 0.3 is 0 Å². The molecule has 0 saturated carbocycles. The molecule has 4 heteroatoms. The normalized spacial score (nSPS) is 28.9. The first kappa shape index (κ1) is 8.95. The highest BCUT2D eigenvalue weighted by Gasteiger charge is 2.07. The fraction of sp³-hybridized carbons (Fsp3) is 1.00. The molecule has 1 rings (SSSR count). The predicted octanol–water partition coefficient (Wildman–Crippen LogP) is 1.52. The van der Waals surface area contributed by atoms with Crippen LogP contribution in [0.25, 0.3) is 0 Å². The van der Waals surface area contributed by atoms with Gasteiger partial charge in [0.25, 0.3) is 0 Å². The van der Waals surface area contributed by atoms with Gasteiger partial charge in [0.15, 0.2) is 0 Å². The van der Waals surface area contributed by atoms with Gasteiger partial charge in [0.1, 0.15) is 0 Å². The maximum atomic E-state index is 5.60. The van der Waals surface area contributed by atoms with E-state index in [4.69, 9.17) is 5.73 Å². The molecule has 1 aliphatic heterocycles. The monoisotopic (exact) mass is 171 g/mol. The van der Waals surface area contributed by atoms with Crippen molar-refractivity contribution in [1.82, 2.24) is 0 Å². The van der Waals surface area contributed by atoms with Crippen LogP contribution in [-0.2, 0) is 0 Å². The highest BCUT2D eigenvalue weighted by Crippen LogP contribution is 2.27. The lowest BCUT2D eigenvalue weighted by atomic mass is 10.3. The predicted molar refractivity (Wildman–Crippen MR) is 44.8 cm³/mol. The van der Waals surface area contributed by atoms with Crippen molar-refractivity contribution in [2.45, 2.75) is 12.5 Å². The van der Waals surface area contributed by atoms with Crippen LogP contribution in [-0.4, -0.2) is 17.5 Å². The standard InChI is InChI=1S/C4H9NS2.ClH/c5-4-1-2-6-7-3-4;/h4H,1-3,5H2;1H/t4-;/m0./s1. The first-order chi connectivity index (χ1) is 3.39. The van der Waals surface area contributed by atoms with Crippen molar-refractivity contribution >= 4 is 34.0 Å². The van der Waals surface area contributed by atoms with Gasteiger partial charge in [-0.05, 0) is 6.42 Å². The third-order valence-electron chi connectivity index (χ3n) is 0.937. The van der Waals surface area contributed by atoms with Crippen LogP contribution in [0.15, 0.2) is 0 Å². The Labute approximate surface area is 64.0 Å². The second-order valence-electron chi connectivity index (χ2n) is 1.66. The van der Waals surface area contributed by atoms with E-state index < -0.39 is 0 Å². The Morgan fingerprint density at radius 3 is 2.38 bits per heavy atom. The summed E-state index contributed by atoms with van der Waals surface area (Å²) in [4.78, 5) is 0. The molecule has 1 aliphatic rings. The van der Waals surface area contributed by atoms with Crippen LogP contribution < -0.4 is 5.73 Å². The zero-order chi connectivity index (χ0) is 5.11. The van der Waals surface area contributed by atoms with Crippen molar-refractivity contribution < 1.29 is 0 Å². The van der Waals surface area contributed by atoms with E-state index in [-0.39, 0.29) is 12.4 Å². The fourth-order valence-corrected chi connectivity index (χ4v) is 2.89. The molecule has 0 radical (unpaired) electrons. The van der Waals surface area contributed by atoms with Gasteiger partial charge in [-0.2, -0.15) is 0 Å². The van der Waals surface area contributed by atoms with Crippen LogP contribution in [0.2, 0.25) is 0 Å². The summed E-state index contributed by atoms with van der Waals surface area (Å²) in [6.45, 7) is 0. The summed E-state index contributed by atoms with van der Waals surface area (Å²) in [7, 11) is 3.83. The zero-order valence-corrected chi connectivity index (χ0v) is 6.95. The molecule has 0 aromatic carbocycles. The maximum absolute atomic E-state index is 5.60. The van der Waals surface area contributed by atoms with Crippen LogP contribution in [0.1, 0.15) is 6.42 Å². The molecule has 1 fully saturated rings. The Bertz CT molecular complexity index is 56.0. The largest absolute Gasteiger partial charge is 0.327 e. The molecule has 1 atom stereocenters. The van der Waals surface area contributed by atoms with Crippen LogP contribution in [0, 0.1) is 0 Å². The summed E-state index contributed by atoms with van der Waals surface area (Å²) in [6, 6.07) is 0.478. The summed E-state index contributed by atoms with van der Waals surface area (Å²) in [5.41, 5.74) is 5.60. The molecule has 0 bridgehead atoms. The second-order valence-corrected chi connectivity index (χ2v) is 4.28. The van der Waals surface area contributed by atoms with E-state index in [0.717, 1.165) is 5.75 Å². The lowest BCUT2D eigenvalue weighted by Gasteiger charge is -2.14. The smallest absolute Gasteiger partial charge is 0.0189 e. The van der Waals surface area contributed by atoms with Gasteiger partial charge < -0.3 is 5.73 Å². The minimum Gasteiger partial charge on any atom is -0.327 e. The van der Waals surface area contributed by atoms with E-state index in [0.29, 0.717) is 6.04 Å². The first-order valence-electron chi connectivity index (χ1n) is 2.39. The van der Waals surface area contributed by atoms with E-state index >= 15 is 0 Å². The van der Waals surface area contributed by atoms with Gasteiger partial charge in [-0.1, -0.05) is 21.6 Å². The third-order valence-corrected chi connectivity index (χ3v) is 3.48. The number of halogens is 1. The Kier molecular flexibility index (Phi) is 5.36. The van der Waals surface area contributed by atoms with E-state index in [1.165, 1.54) is 12.2 Å². The van der Waals surface area contributed by atoms with Gasteiger partial charge in [-0.25, -0.2) is 0 Å². The third kappa shape index (κ3) is 3.07. The SMILES string of the molecule is Cl.N[C@H]1CCSSC1. The van der Waals surface area contributed by atoms with Crippen molar-refractivity contribution in [3.63, 3.8) is 0 Å². The average molecular weight is 172 g/mol. The lowest BCUT2D eigenvalue weighted by Crippen LogP contribution is -2.25. The average Bonchev–Trinajstić information content (AvgIpc) is 1.69. The summed E-state index contributed by atoms with van der Waals surface area (Å²) in [5.74, 6) is 2.39. The number of nitrogens with two attached hydrogens (primary N) is 1. The van der Waals surface area contributed by atoms with Crippen molar-refractivity contribution in [2.24, 2.45) is 5.73 Å². The summed E-state index contributed by atoms with van der Waals surface area (Å²) >= 11 is 0. The van der Waals surface area contributed by atoms with Gasteiger partial charge in [-0.15, -0.1) is 12.4 Å². The van der Waals surface area contributed by atoms with Crippen LogP contribution >= 0.6 is 34.0 Å². The molecule has 1 saturated heterocycles. The van der Waals surface area contributed by atoms with E-state index in [9.17, 15) is 0 Å². The molecule has 0 unspecified atom stereocenters. The van der Waals surface area contributed by atoms with Crippen molar-refractivity contribution in [1.29, 1.82) is 0 Å². The van der Waals surface area contributed by atoms with E-state index in [1.807, 2.05) is 21.6 Å². The fourth-order valence-electron chi connectivity index (χ4n) is 0.477. The molecular weight excluding hydrogens is 162 g/mol. The molecule has 0 amide bonds. The lowest BCUT2D eigenvalue weighted by molar-refractivity contribution is 0.730. The Hall–Kier alpha value is 0.950. The van der Waals surface area contributed by atoms with Gasteiger partial charge in [0.05, 0.1) is 0 Å². The molecule has 1 nitrogen and oxygen atoms in total. The summed E-state index contributed by atoms with van der Waals surface area (Å²) < 4.78 is 0. The molecule has 0 spiro atoms. The van der Waals surface area contributed by atoms with E-state index in [2.05, 4.69) is 0 Å². The van der Waals surface area contributed by atoms with Crippen molar-refractivity contribution in [3.05, 3.63) is 0 Å². The number of hydrogen-bond acceptors (Lipinski definition) is 3. The van der Waals surface area contributed by atoms with Crippen LogP contribution in [0.4, 0.5) is 0 Å². The Balaban J connectivity index is 0.000000490. The number of hydrogen-bond donors (Lipinski definition) is 1. The first-order valence-corrected chi connectivity index (χ1v) is 4.88. The quantitative estimate of drug-likeness (QED) is 0.560. The number of rotatable bonds is 0. The van der Waals surface area contributed by atoms with Crippen molar-refractivity contribution in [3.8, 4) is 0 Å².